The van der Waals surface area contributed by atoms with E-state index in [0.717, 1.165) is 22.0 Å². The highest BCUT2D eigenvalue weighted by Crippen LogP contribution is 2.19. The average molecular weight is 349 g/mol. The number of halogens is 1. The van der Waals surface area contributed by atoms with E-state index in [1.807, 2.05) is 31.2 Å². The molecule has 2 aromatic carbocycles. The molecule has 0 aliphatic heterocycles. The van der Waals surface area contributed by atoms with Gasteiger partial charge in [0.2, 0.25) is 0 Å². The lowest BCUT2D eigenvalue weighted by Crippen LogP contribution is -2.30. The minimum atomic E-state index is -0.251. The Morgan fingerprint density at radius 1 is 1.24 bits per heavy atom. The van der Waals surface area contributed by atoms with E-state index >= 15 is 0 Å². The van der Waals surface area contributed by atoms with Crippen LogP contribution in [0, 0.1) is 6.92 Å². The number of carbonyl (C=O) groups excluding carboxylic acids is 1. The third-order valence-electron chi connectivity index (χ3n) is 3.05. The molecule has 2 aromatic rings. The summed E-state index contributed by atoms with van der Waals surface area (Å²) in [7, 11) is 0. The van der Waals surface area contributed by atoms with Crippen LogP contribution in [-0.4, -0.2) is 17.7 Å². The van der Waals surface area contributed by atoms with Crippen LogP contribution < -0.4 is 10.6 Å². The molecule has 5 heteroatoms. The Morgan fingerprint density at radius 3 is 2.76 bits per heavy atom. The molecule has 2 amide bonds. The van der Waals surface area contributed by atoms with Crippen molar-refractivity contribution >= 4 is 27.6 Å². The number of hydrogen-bond donors (Lipinski definition) is 3. The summed E-state index contributed by atoms with van der Waals surface area (Å²) in [5, 5.41) is 14.9. The van der Waals surface area contributed by atoms with E-state index in [1.165, 1.54) is 0 Å². The minimum absolute atomic E-state index is 0.188. The van der Waals surface area contributed by atoms with Gasteiger partial charge in [0.1, 0.15) is 5.75 Å². The minimum Gasteiger partial charge on any atom is -0.508 e. The average Bonchev–Trinajstić information content (AvgIpc) is 2.42. The highest BCUT2D eigenvalue weighted by molar-refractivity contribution is 9.10. The number of benzene rings is 2. The molecule has 0 aliphatic rings. The Bertz CT molecular complexity index is 644. The summed E-state index contributed by atoms with van der Waals surface area (Å²) in [4.78, 5) is 11.8. The van der Waals surface area contributed by atoms with Gasteiger partial charge in [-0.15, -0.1) is 0 Å². The fourth-order valence-electron chi connectivity index (χ4n) is 1.97. The Hall–Kier alpha value is -2.01. The Morgan fingerprint density at radius 2 is 2.05 bits per heavy atom. The van der Waals surface area contributed by atoms with Crippen LogP contribution in [0.25, 0.3) is 0 Å². The van der Waals surface area contributed by atoms with Crippen LogP contribution in [0.4, 0.5) is 10.5 Å². The Kier molecular flexibility index (Phi) is 5.22. The first-order valence-corrected chi connectivity index (χ1v) is 7.43. The molecule has 110 valence electrons. The predicted molar refractivity (Wildman–Crippen MR) is 87.7 cm³/mol. The number of aryl methyl sites for hydroxylation is 1. The molecular weight excluding hydrogens is 332 g/mol. The molecule has 4 nitrogen and oxygen atoms in total. The van der Waals surface area contributed by atoms with Crippen molar-refractivity contribution in [2.45, 2.75) is 13.3 Å². The normalized spacial score (nSPS) is 10.2. The van der Waals surface area contributed by atoms with E-state index < -0.39 is 0 Å². The third kappa shape index (κ3) is 4.79. The van der Waals surface area contributed by atoms with Crippen molar-refractivity contribution in [2.75, 3.05) is 11.9 Å². The summed E-state index contributed by atoms with van der Waals surface area (Å²) in [5.74, 6) is 0.188. The molecule has 0 spiro atoms. The second kappa shape index (κ2) is 7.13. The quantitative estimate of drug-likeness (QED) is 0.735. The maximum absolute atomic E-state index is 11.8. The summed E-state index contributed by atoms with van der Waals surface area (Å²) in [6.07, 6.45) is 0.765. The zero-order valence-corrected chi connectivity index (χ0v) is 13.3. The van der Waals surface area contributed by atoms with Crippen molar-refractivity contribution in [3.05, 3.63) is 58.1 Å². The molecule has 0 bridgehead atoms. The molecule has 21 heavy (non-hydrogen) atoms. The number of phenols is 1. The summed E-state index contributed by atoms with van der Waals surface area (Å²) in [5.41, 5.74) is 2.66. The Balaban J connectivity index is 1.82. The van der Waals surface area contributed by atoms with Crippen LogP contribution in [0.2, 0.25) is 0 Å². The van der Waals surface area contributed by atoms with Gasteiger partial charge >= 0.3 is 6.03 Å². The van der Waals surface area contributed by atoms with Crippen LogP contribution in [0.15, 0.2) is 46.9 Å². The van der Waals surface area contributed by atoms with Gasteiger partial charge in [0.25, 0.3) is 0 Å². The molecule has 0 radical (unpaired) electrons. The number of phenolic OH excluding ortho intramolecular Hbond substituents is 1. The number of anilines is 1. The number of hydrogen-bond acceptors (Lipinski definition) is 2. The molecule has 3 N–H and O–H groups in total. The van der Waals surface area contributed by atoms with E-state index in [-0.39, 0.29) is 11.8 Å². The van der Waals surface area contributed by atoms with Gasteiger partial charge in [0.05, 0.1) is 0 Å². The topological polar surface area (TPSA) is 61.4 Å². The number of nitrogens with one attached hydrogen (secondary N) is 2. The lowest BCUT2D eigenvalue weighted by molar-refractivity contribution is 0.252. The third-order valence-corrected chi connectivity index (χ3v) is 3.54. The van der Waals surface area contributed by atoms with Crippen LogP contribution in [0.3, 0.4) is 0 Å². The molecule has 0 saturated carbocycles. The molecule has 0 unspecified atom stereocenters. The molecule has 0 aliphatic carbocycles. The van der Waals surface area contributed by atoms with E-state index in [2.05, 4.69) is 26.6 Å². The zero-order chi connectivity index (χ0) is 15.2. The maximum Gasteiger partial charge on any atom is 0.319 e. The lowest BCUT2D eigenvalue weighted by atomic mass is 10.1. The highest BCUT2D eigenvalue weighted by Gasteiger charge is 2.04. The second-order valence-electron chi connectivity index (χ2n) is 4.76. The maximum atomic E-state index is 11.8. The molecule has 0 fully saturated rings. The monoisotopic (exact) mass is 348 g/mol. The van der Waals surface area contributed by atoms with Gasteiger partial charge < -0.3 is 15.7 Å². The number of aromatic hydroxyl groups is 1. The van der Waals surface area contributed by atoms with Gasteiger partial charge in [-0.3, -0.25) is 0 Å². The van der Waals surface area contributed by atoms with Crippen LogP contribution in [-0.2, 0) is 6.42 Å². The van der Waals surface area contributed by atoms with E-state index in [1.54, 1.807) is 18.2 Å². The first-order valence-electron chi connectivity index (χ1n) is 6.63. The highest BCUT2D eigenvalue weighted by atomic mass is 79.9. The van der Waals surface area contributed by atoms with Gasteiger partial charge in [-0.2, -0.15) is 0 Å². The molecule has 0 heterocycles. The van der Waals surface area contributed by atoms with Crippen LogP contribution in [0.1, 0.15) is 11.1 Å². The number of carbonyl (C=O) groups is 1. The van der Waals surface area contributed by atoms with Crippen LogP contribution in [0.5, 0.6) is 5.75 Å². The molecule has 0 saturated heterocycles. The Labute approximate surface area is 132 Å². The fraction of sp³-hybridized carbons (Fsp3) is 0.188. The SMILES string of the molecule is Cc1cc(O)ccc1NC(=O)NCCc1cccc(Br)c1. The molecule has 0 atom stereocenters. The van der Waals surface area contributed by atoms with Crippen molar-refractivity contribution in [1.29, 1.82) is 0 Å². The number of amides is 2. The predicted octanol–water partition coefficient (Wildman–Crippen LogP) is 3.83. The standard InChI is InChI=1S/C16H17BrN2O2/c1-11-9-14(20)5-6-15(11)19-16(21)18-8-7-12-3-2-4-13(17)10-12/h2-6,9-10,20H,7-8H2,1H3,(H2,18,19,21). The summed E-state index contributed by atoms with van der Waals surface area (Å²) in [6.45, 7) is 2.39. The number of urea groups is 1. The van der Waals surface area contributed by atoms with E-state index in [9.17, 15) is 9.90 Å². The van der Waals surface area contributed by atoms with Gasteiger partial charge in [-0.1, -0.05) is 28.1 Å². The lowest BCUT2D eigenvalue weighted by Gasteiger charge is -2.10. The van der Waals surface area contributed by atoms with Gasteiger partial charge in [0.15, 0.2) is 0 Å². The van der Waals surface area contributed by atoms with E-state index in [4.69, 9.17) is 0 Å². The van der Waals surface area contributed by atoms with Gasteiger partial charge in [-0.05, 0) is 54.8 Å². The smallest absolute Gasteiger partial charge is 0.319 e. The van der Waals surface area contributed by atoms with Crippen molar-refractivity contribution < 1.29 is 9.90 Å². The molecule has 2 rings (SSSR count). The van der Waals surface area contributed by atoms with Crippen molar-refractivity contribution in [3.8, 4) is 5.75 Å². The van der Waals surface area contributed by atoms with Gasteiger partial charge in [-0.25, -0.2) is 4.79 Å². The summed E-state index contributed by atoms with van der Waals surface area (Å²) >= 11 is 3.42. The summed E-state index contributed by atoms with van der Waals surface area (Å²) in [6, 6.07) is 12.6. The van der Waals surface area contributed by atoms with Crippen molar-refractivity contribution in [2.24, 2.45) is 0 Å². The first kappa shape index (κ1) is 15.4. The zero-order valence-electron chi connectivity index (χ0n) is 11.7. The van der Waals surface area contributed by atoms with E-state index in [0.29, 0.717) is 12.2 Å². The van der Waals surface area contributed by atoms with Crippen molar-refractivity contribution in [1.82, 2.24) is 5.32 Å². The number of rotatable bonds is 4. The molecule has 0 aromatic heterocycles. The van der Waals surface area contributed by atoms with Crippen molar-refractivity contribution in [3.63, 3.8) is 0 Å². The van der Waals surface area contributed by atoms with Crippen LogP contribution >= 0.6 is 15.9 Å². The largest absolute Gasteiger partial charge is 0.508 e. The van der Waals surface area contributed by atoms with Gasteiger partial charge in [0, 0.05) is 16.7 Å². The molecular formula is C16H17BrN2O2. The second-order valence-corrected chi connectivity index (χ2v) is 5.68. The fourth-order valence-corrected chi connectivity index (χ4v) is 2.41. The summed E-state index contributed by atoms with van der Waals surface area (Å²) < 4.78 is 1.03. The first-order chi connectivity index (χ1) is 10.0.